The van der Waals surface area contributed by atoms with Crippen LogP contribution in [-0.2, 0) is 0 Å². The Morgan fingerprint density at radius 2 is 1.69 bits per heavy atom. The van der Waals surface area contributed by atoms with E-state index in [0.29, 0.717) is 11.1 Å². The summed E-state index contributed by atoms with van der Waals surface area (Å²) in [5.41, 5.74) is 3.22. The first-order chi connectivity index (χ1) is 12.5. The molecule has 1 aromatic carbocycles. The van der Waals surface area contributed by atoms with Crippen molar-refractivity contribution in [1.82, 2.24) is 14.8 Å². The van der Waals surface area contributed by atoms with E-state index < -0.39 is 0 Å². The van der Waals surface area contributed by atoms with Gasteiger partial charge in [0.15, 0.2) is 0 Å². The molecular formula is C21H23N3O2. The van der Waals surface area contributed by atoms with E-state index >= 15 is 0 Å². The summed E-state index contributed by atoms with van der Waals surface area (Å²) in [6.45, 7) is 4.14. The summed E-state index contributed by atoms with van der Waals surface area (Å²) < 4.78 is 0. The molecular weight excluding hydrogens is 326 g/mol. The van der Waals surface area contributed by atoms with Crippen molar-refractivity contribution in [3.63, 3.8) is 0 Å². The third-order valence-corrected chi connectivity index (χ3v) is 5.79. The van der Waals surface area contributed by atoms with Crippen LogP contribution in [0.25, 0.3) is 0 Å². The molecule has 1 aromatic heterocycles. The van der Waals surface area contributed by atoms with Gasteiger partial charge in [0.05, 0.1) is 11.1 Å². The summed E-state index contributed by atoms with van der Waals surface area (Å²) in [6.07, 6.45) is 3.37. The smallest absolute Gasteiger partial charge is 0.261 e. The van der Waals surface area contributed by atoms with Gasteiger partial charge in [0.2, 0.25) is 0 Å². The molecule has 0 radical (unpaired) electrons. The predicted molar refractivity (Wildman–Crippen MR) is 98.9 cm³/mol. The molecule has 1 fully saturated rings. The zero-order chi connectivity index (χ0) is 18.4. The Hall–Kier alpha value is -2.53. The van der Waals surface area contributed by atoms with E-state index in [1.54, 1.807) is 12.1 Å². The number of piperidine rings is 1. The van der Waals surface area contributed by atoms with Crippen molar-refractivity contribution in [2.75, 3.05) is 7.05 Å². The minimum atomic E-state index is -0.156. The lowest BCUT2D eigenvalue weighted by molar-refractivity contribution is 0.0340. The van der Waals surface area contributed by atoms with Gasteiger partial charge >= 0.3 is 0 Å². The van der Waals surface area contributed by atoms with Crippen LogP contribution in [0.4, 0.5) is 0 Å². The molecule has 2 aromatic rings. The Balaban J connectivity index is 1.66. The Morgan fingerprint density at radius 3 is 2.31 bits per heavy atom. The summed E-state index contributed by atoms with van der Waals surface area (Å²) in [4.78, 5) is 33.9. The highest BCUT2D eigenvalue weighted by molar-refractivity contribution is 6.21. The van der Waals surface area contributed by atoms with Crippen molar-refractivity contribution in [1.29, 1.82) is 0 Å². The lowest BCUT2D eigenvalue weighted by atomic mass is 9.87. The third kappa shape index (κ3) is 2.63. The number of carbonyl (C=O) groups is 2. The number of amides is 2. The lowest BCUT2D eigenvalue weighted by Gasteiger charge is -2.44. The van der Waals surface area contributed by atoms with Gasteiger partial charge in [-0.3, -0.25) is 24.4 Å². The molecule has 2 aliphatic rings. The molecule has 134 valence electrons. The Morgan fingerprint density at radius 1 is 1.04 bits per heavy atom. The van der Waals surface area contributed by atoms with Crippen molar-refractivity contribution in [2.24, 2.45) is 0 Å². The first-order valence-electron chi connectivity index (χ1n) is 9.08. The van der Waals surface area contributed by atoms with Gasteiger partial charge < -0.3 is 0 Å². The number of fused-ring (bicyclic) bond motifs is 1. The summed E-state index contributed by atoms with van der Waals surface area (Å²) in [6, 6.07) is 11.6. The second kappa shape index (κ2) is 6.32. The predicted octanol–water partition coefficient (Wildman–Crippen LogP) is 3.21. The zero-order valence-corrected chi connectivity index (χ0v) is 15.3. The molecule has 0 saturated carbocycles. The number of imide groups is 1. The molecule has 2 amide bonds. The van der Waals surface area contributed by atoms with Gasteiger partial charge in [-0.1, -0.05) is 12.1 Å². The van der Waals surface area contributed by atoms with E-state index in [4.69, 9.17) is 0 Å². The van der Waals surface area contributed by atoms with Crippen molar-refractivity contribution in [3.05, 3.63) is 65.0 Å². The van der Waals surface area contributed by atoms with Gasteiger partial charge in [-0.15, -0.1) is 0 Å². The van der Waals surface area contributed by atoms with Gasteiger partial charge in [0.1, 0.15) is 0 Å². The molecule has 5 nitrogen and oxygen atoms in total. The van der Waals surface area contributed by atoms with Gasteiger partial charge in [0, 0.05) is 30.0 Å². The highest BCUT2D eigenvalue weighted by Gasteiger charge is 2.44. The van der Waals surface area contributed by atoms with Gasteiger partial charge in [-0.05, 0) is 63.6 Å². The van der Waals surface area contributed by atoms with Crippen LogP contribution in [0.1, 0.15) is 57.8 Å². The van der Waals surface area contributed by atoms with Gasteiger partial charge in [-0.2, -0.15) is 0 Å². The minimum absolute atomic E-state index is 0.0907. The molecule has 26 heavy (non-hydrogen) atoms. The average molecular weight is 349 g/mol. The van der Waals surface area contributed by atoms with Crippen LogP contribution in [0.3, 0.4) is 0 Å². The maximum absolute atomic E-state index is 12.9. The fraction of sp³-hybridized carbons (Fsp3) is 0.381. The molecule has 0 spiro atoms. The van der Waals surface area contributed by atoms with Gasteiger partial charge in [-0.25, -0.2) is 0 Å². The highest BCUT2D eigenvalue weighted by atomic mass is 16.2. The Labute approximate surface area is 153 Å². The van der Waals surface area contributed by atoms with Crippen LogP contribution >= 0.6 is 0 Å². The minimum Gasteiger partial charge on any atom is -0.297 e. The summed E-state index contributed by atoms with van der Waals surface area (Å²) in [7, 11) is 2.11. The molecule has 0 N–H and O–H groups in total. The molecule has 3 heterocycles. The van der Waals surface area contributed by atoms with Crippen LogP contribution in [-0.4, -0.2) is 45.7 Å². The largest absolute Gasteiger partial charge is 0.297 e. The number of likely N-dealkylation sites (tertiary alicyclic amines) is 1. The number of hydrogen-bond acceptors (Lipinski definition) is 4. The lowest BCUT2D eigenvalue weighted by Crippen LogP contribution is -2.50. The number of hydrogen-bond donors (Lipinski definition) is 0. The van der Waals surface area contributed by atoms with Gasteiger partial charge in [0.25, 0.3) is 11.8 Å². The first kappa shape index (κ1) is 16.9. The Bertz CT molecular complexity index is 844. The monoisotopic (exact) mass is 349 g/mol. The van der Waals surface area contributed by atoms with Crippen LogP contribution in [0.15, 0.2) is 42.6 Å². The van der Waals surface area contributed by atoms with Crippen LogP contribution in [0.2, 0.25) is 0 Å². The Kier molecular flexibility index (Phi) is 4.11. The molecule has 0 bridgehead atoms. The van der Waals surface area contributed by atoms with E-state index in [9.17, 15) is 9.59 Å². The topological polar surface area (TPSA) is 53.5 Å². The standard InChI is InChI=1S/C21H23N3O2/c1-13-10-15(8-9-22-13)19-12-16(11-14(2)23(19)3)24-20(25)17-6-4-5-7-18(17)21(24)26/h4-10,14,16,19H,11-12H2,1-3H3. The number of benzene rings is 1. The number of aryl methyl sites for hydroxylation is 1. The average Bonchev–Trinajstić information content (AvgIpc) is 2.89. The maximum Gasteiger partial charge on any atom is 0.261 e. The third-order valence-electron chi connectivity index (χ3n) is 5.79. The molecule has 3 unspecified atom stereocenters. The number of nitrogens with zero attached hydrogens (tertiary/aromatic N) is 3. The van der Waals surface area contributed by atoms with Crippen molar-refractivity contribution < 1.29 is 9.59 Å². The fourth-order valence-corrected chi connectivity index (χ4v) is 4.28. The molecule has 4 rings (SSSR count). The summed E-state index contributed by atoms with van der Waals surface area (Å²) >= 11 is 0. The fourth-order valence-electron chi connectivity index (χ4n) is 4.28. The van der Waals surface area contributed by atoms with Crippen molar-refractivity contribution in [3.8, 4) is 0 Å². The van der Waals surface area contributed by atoms with Crippen LogP contribution in [0.5, 0.6) is 0 Å². The van der Waals surface area contributed by atoms with Crippen molar-refractivity contribution in [2.45, 2.75) is 44.8 Å². The van der Waals surface area contributed by atoms with E-state index in [1.165, 1.54) is 10.5 Å². The van der Waals surface area contributed by atoms with E-state index in [2.05, 4.69) is 29.9 Å². The highest BCUT2D eigenvalue weighted by Crippen LogP contribution is 2.38. The second-order valence-electron chi connectivity index (χ2n) is 7.41. The normalized spacial score (nSPS) is 26.3. The molecule has 3 atom stereocenters. The summed E-state index contributed by atoms with van der Waals surface area (Å²) in [5, 5.41) is 0. The molecule has 1 saturated heterocycles. The number of carbonyl (C=O) groups excluding carboxylic acids is 2. The van der Waals surface area contributed by atoms with Crippen molar-refractivity contribution >= 4 is 11.8 Å². The molecule has 0 aliphatic carbocycles. The van der Waals surface area contributed by atoms with Crippen LogP contribution in [0, 0.1) is 6.92 Å². The van der Waals surface area contributed by atoms with Crippen LogP contribution < -0.4 is 0 Å². The van der Waals surface area contributed by atoms with E-state index in [-0.39, 0.29) is 29.9 Å². The first-order valence-corrected chi connectivity index (χ1v) is 9.08. The maximum atomic E-state index is 12.9. The quantitative estimate of drug-likeness (QED) is 0.781. The van der Waals surface area contributed by atoms with E-state index in [1.807, 2.05) is 31.3 Å². The molecule has 2 aliphatic heterocycles. The van der Waals surface area contributed by atoms with E-state index in [0.717, 1.165) is 18.5 Å². The number of rotatable bonds is 2. The summed E-state index contributed by atoms with van der Waals surface area (Å²) in [5.74, 6) is -0.311. The number of pyridine rings is 1. The number of aromatic nitrogens is 1. The zero-order valence-electron chi connectivity index (χ0n) is 15.3. The molecule has 5 heteroatoms. The second-order valence-corrected chi connectivity index (χ2v) is 7.41. The SMILES string of the molecule is Cc1cc(C2CC(N3C(=O)c4ccccc4C3=O)CC(C)N2C)ccn1.